The number of hydrogen-bond donors (Lipinski definition) is 2. The Kier molecular flexibility index (Phi) is 3.14. The van der Waals surface area contributed by atoms with Gasteiger partial charge in [-0.15, -0.1) is 0 Å². The van der Waals surface area contributed by atoms with Gasteiger partial charge in [-0.3, -0.25) is 0 Å². The van der Waals surface area contributed by atoms with Crippen LogP contribution in [-0.2, 0) is 0 Å². The van der Waals surface area contributed by atoms with E-state index in [9.17, 15) is 0 Å². The molecule has 1 aromatic carbocycles. The largest absolute Gasteiger partial charge is 0.497 e. The molecule has 3 heteroatoms. The van der Waals surface area contributed by atoms with Gasteiger partial charge in [0.1, 0.15) is 5.75 Å². The standard InChI is InChI=1S/C10H16N2O/c1-3-9(11)8-5-4-7(13-2)6-10(8)12/h4-6,9H,3,11-12H2,1-2H3. The zero-order valence-corrected chi connectivity index (χ0v) is 8.08. The van der Waals surface area contributed by atoms with E-state index in [1.165, 1.54) is 0 Å². The quantitative estimate of drug-likeness (QED) is 0.696. The molecule has 0 saturated heterocycles. The van der Waals surface area contributed by atoms with Crippen LogP contribution in [-0.4, -0.2) is 7.11 Å². The topological polar surface area (TPSA) is 61.3 Å². The van der Waals surface area contributed by atoms with Crippen molar-refractivity contribution in [2.24, 2.45) is 5.73 Å². The van der Waals surface area contributed by atoms with Gasteiger partial charge in [-0.05, 0) is 18.1 Å². The summed E-state index contributed by atoms with van der Waals surface area (Å²) in [7, 11) is 1.62. The van der Waals surface area contributed by atoms with Crippen LogP contribution in [0.4, 0.5) is 5.69 Å². The van der Waals surface area contributed by atoms with Crippen LogP contribution < -0.4 is 16.2 Å². The van der Waals surface area contributed by atoms with Gasteiger partial charge in [0, 0.05) is 17.8 Å². The van der Waals surface area contributed by atoms with Crippen molar-refractivity contribution in [2.75, 3.05) is 12.8 Å². The second-order valence-corrected chi connectivity index (χ2v) is 3.01. The molecular weight excluding hydrogens is 164 g/mol. The molecule has 0 aromatic heterocycles. The Bertz CT molecular complexity index is 286. The molecule has 0 radical (unpaired) electrons. The maximum atomic E-state index is 5.87. The smallest absolute Gasteiger partial charge is 0.120 e. The Balaban J connectivity index is 2.98. The first kappa shape index (κ1) is 9.86. The fourth-order valence-corrected chi connectivity index (χ4v) is 1.24. The van der Waals surface area contributed by atoms with Crippen molar-refractivity contribution in [1.29, 1.82) is 0 Å². The van der Waals surface area contributed by atoms with Crippen molar-refractivity contribution in [2.45, 2.75) is 19.4 Å². The summed E-state index contributed by atoms with van der Waals surface area (Å²) in [6, 6.07) is 5.61. The number of nitrogens with two attached hydrogens (primary N) is 2. The first-order chi connectivity index (χ1) is 6.19. The zero-order valence-electron chi connectivity index (χ0n) is 8.08. The van der Waals surface area contributed by atoms with Gasteiger partial charge in [0.05, 0.1) is 7.11 Å². The van der Waals surface area contributed by atoms with Crippen LogP contribution in [0.25, 0.3) is 0 Å². The Morgan fingerprint density at radius 3 is 2.62 bits per heavy atom. The van der Waals surface area contributed by atoms with Crippen LogP contribution in [0.2, 0.25) is 0 Å². The number of anilines is 1. The third kappa shape index (κ3) is 2.12. The summed E-state index contributed by atoms with van der Waals surface area (Å²) < 4.78 is 5.04. The normalized spacial score (nSPS) is 12.5. The molecule has 0 bridgehead atoms. The Morgan fingerprint density at radius 2 is 2.15 bits per heavy atom. The average Bonchev–Trinajstić information content (AvgIpc) is 2.16. The molecule has 0 spiro atoms. The van der Waals surface area contributed by atoms with E-state index in [1.54, 1.807) is 13.2 Å². The Hall–Kier alpha value is -1.22. The molecule has 1 unspecified atom stereocenters. The predicted octanol–water partition coefficient (Wildman–Crippen LogP) is 1.69. The third-order valence-corrected chi connectivity index (χ3v) is 2.13. The van der Waals surface area contributed by atoms with Gasteiger partial charge < -0.3 is 16.2 Å². The molecule has 1 aromatic rings. The lowest BCUT2D eigenvalue weighted by Gasteiger charge is -2.12. The van der Waals surface area contributed by atoms with E-state index in [0.717, 1.165) is 17.7 Å². The summed E-state index contributed by atoms with van der Waals surface area (Å²) in [5, 5.41) is 0. The van der Waals surface area contributed by atoms with Crippen molar-refractivity contribution in [3.05, 3.63) is 23.8 Å². The molecule has 72 valence electrons. The van der Waals surface area contributed by atoms with Crippen molar-refractivity contribution in [3.63, 3.8) is 0 Å². The first-order valence-electron chi connectivity index (χ1n) is 4.38. The molecule has 4 N–H and O–H groups in total. The minimum absolute atomic E-state index is 0.0194. The van der Waals surface area contributed by atoms with Crippen LogP contribution >= 0.6 is 0 Å². The van der Waals surface area contributed by atoms with Crippen LogP contribution in [0.3, 0.4) is 0 Å². The lowest BCUT2D eigenvalue weighted by Crippen LogP contribution is -2.11. The summed E-state index contributed by atoms with van der Waals surface area (Å²) in [4.78, 5) is 0. The third-order valence-electron chi connectivity index (χ3n) is 2.13. The summed E-state index contributed by atoms with van der Waals surface area (Å²) in [6.07, 6.45) is 0.885. The molecule has 3 nitrogen and oxygen atoms in total. The van der Waals surface area contributed by atoms with Crippen LogP contribution in [0.1, 0.15) is 24.9 Å². The molecule has 0 aliphatic heterocycles. The van der Waals surface area contributed by atoms with Crippen LogP contribution in [0, 0.1) is 0 Å². The number of methoxy groups -OCH3 is 1. The number of ether oxygens (including phenoxy) is 1. The van der Waals surface area contributed by atoms with Crippen molar-refractivity contribution in [1.82, 2.24) is 0 Å². The summed E-state index contributed by atoms with van der Waals surface area (Å²) in [6.45, 7) is 2.04. The molecule has 0 fully saturated rings. The summed E-state index contributed by atoms with van der Waals surface area (Å²) >= 11 is 0. The molecule has 1 rings (SSSR count). The van der Waals surface area contributed by atoms with Crippen LogP contribution in [0.5, 0.6) is 5.75 Å². The van der Waals surface area contributed by atoms with Gasteiger partial charge in [0.2, 0.25) is 0 Å². The monoisotopic (exact) mass is 180 g/mol. The maximum absolute atomic E-state index is 5.87. The lowest BCUT2D eigenvalue weighted by molar-refractivity contribution is 0.415. The maximum Gasteiger partial charge on any atom is 0.120 e. The molecular formula is C10H16N2O. The number of hydrogen-bond acceptors (Lipinski definition) is 3. The highest BCUT2D eigenvalue weighted by atomic mass is 16.5. The van der Waals surface area contributed by atoms with Gasteiger partial charge in [-0.1, -0.05) is 13.0 Å². The molecule has 1 atom stereocenters. The Morgan fingerprint density at radius 1 is 1.46 bits per heavy atom. The second-order valence-electron chi connectivity index (χ2n) is 3.01. The molecule has 13 heavy (non-hydrogen) atoms. The number of nitrogen functional groups attached to an aromatic ring is 1. The highest BCUT2D eigenvalue weighted by Crippen LogP contribution is 2.25. The van der Waals surface area contributed by atoms with Crippen molar-refractivity contribution in [3.8, 4) is 5.75 Å². The minimum Gasteiger partial charge on any atom is -0.497 e. The van der Waals surface area contributed by atoms with E-state index in [-0.39, 0.29) is 6.04 Å². The minimum atomic E-state index is 0.0194. The van der Waals surface area contributed by atoms with E-state index in [1.807, 2.05) is 19.1 Å². The van der Waals surface area contributed by atoms with Crippen molar-refractivity contribution < 1.29 is 4.74 Å². The molecule has 0 aliphatic rings. The summed E-state index contributed by atoms with van der Waals surface area (Å²) in [5.74, 6) is 0.768. The molecule has 0 amide bonds. The average molecular weight is 180 g/mol. The van der Waals surface area contributed by atoms with Gasteiger partial charge in [0.25, 0.3) is 0 Å². The summed E-state index contributed by atoms with van der Waals surface area (Å²) in [5.41, 5.74) is 13.4. The fourth-order valence-electron chi connectivity index (χ4n) is 1.24. The van der Waals surface area contributed by atoms with Crippen LogP contribution in [0.15, 0.2) is 18.2 Å². The SMILES string of the molecule is CCC(N)c1ccc(OC)cc1N. The number of benzene rings is 1. The molecule has 0 aliphatic carbocycles. The second kappa shape index (κ2) is 4.14. The number of rotatable bonds is 3. The molecule has 0 heterocycles. The molecule has 0 saturated carbocycles. The van der Waals surface area contributed by atoms with Gasteiger partial charge in [-0.2, -0.15) is 0 Å². The fraction of sp³-hybridized carbons (Fsp3) is 0.400. The highest BCUT2D eigenvalue weighted by Gasteiger charge is 2.07. The van der Waals surface area contributed by atoms with Gasteiger partial charge in [0.15, 0.2) is 0 Å². The first-order valence-corrected chi connectivity index (χ1v) is 4.38. The predicted molar refractivity (Wildman–Crippen MR) is 54.6 cm³/mol. The van der Waals surface area contributed by atoms with Gasteiger partial charge in [-0.25, -0.2) is 0 Å². The van der Waals surface area contributed by atoms with E-state index >= 15 is 0 Å². The highest BCUT2D eigenvalue weighted by molar-refractivity contribution is 5.52. The van der Waals surface area contributed by atoms with Crippen molar-refractivity contribution >= 4 is 5.69 Å². The van der Waals surface area contributed by atoms with Gasteiger partial charge >= 0.3 is 0 Å². The van der Waals surface area contributed by atoms with E-state index in [2.05, 4.69) is 0 Å². The lowest BCUT2D eigenvalue weighted by atomic mass is 10.0. The zero-order chi connectivity index (χ0) is 9.84. The van der Waals surface area contributed by atoms with E-state index in [0.29, 0.717) is 5.69 Å². The van der Waals surface area contributed by atoms with E-state index < -0.39 is 0 Å². The Labute approximate surface area is 78.7 Å². The van der Waals surface area contributed by atoms with E-state index in [4.69, 9.17) is 16.2 Å².